The molecule has 1 aromatic carbocycles. The summed E-state index contributed by atoms with van der Waals surface area (Å²) in [6.07, 6.45) is 0. The molecule has 0 spiro atoms. The maximum absolute atomic E-state index is 3.51. The smallest absolute Gasteiger partial charge is 0.0237 e. The number of rotatable bonds is 2. The zero-order valence-corrected chi connectivity index (χ0v) is 10.5. The highest BCUT2D eigenvalue weighted by molar-refractivity contribution is 5.21. The molecule has 2 rings (SSSR count). The zero-order valence-electron chi connectivity index (χ0n) is 10.5. The SMILES string of the molecule is Cc1ccc(CN2C[C@@H](C)NC[C@@H]2C)cc1. The highest BCUT2D eigenvalue weighted by atomic mass is 15.2. The fourth-order valence-corrected chi connectivity index (χ4v) is 2.25. The van der Waals surface area contributed by atoms with Crippen LogP contribution in [0.5, 0.6) is 0 Å². The Morgan fingerprint density at radius 1 is 1.25 bits per heavy atom. The lowest BCUT2D eigenvalue weighted by molar-refractivity contribution is 0.139. The average molecular weight is 218 g/mol. The van der Waals surface area contributed by atoms with E-state index < -0.39 is 0 Å². The van der Waals surface area contributed by atoms with Crippen molar-refractivity contribution >= 4 is 0 Å². The fourth-order valence-electron chi connectivity index (χ4n) is 2.25. The van der Waals surface area contributed by atoms with E-state index in [1.54, 1.807) is 0 Å². The fraction of sp³-hybridized carbons (Fsp3) is 0.571. The number of aryl methyl sites for hydroxylation is 1. The average Bonchev–Trinajstić information content (AvgIpc) is 2.27. The molecule has 1 heterocycles. The van der Waals surface area contributed by atoms with Gasteiger partial charge in [0.25, 0.3) is 0 Å². The van der Waals surface area contributed by atoms with Gasteiger partial charge in [0, 0.05) is 31.7 Å². The van der Waals surface area contributed by atoms with E-state index in [2.05, 4.69) is 55.3 Å². The van der Waals surface area contributed by atoms with Crippen LogP contribution in [0.2, 0.25) is 0 Å². The molecule has 1 aliphatic heterocycles. The number of hydrogen-bond acceptors (Lipinski definition) is 2. The molecule has 0 aliphatic carbocycles. The normalized spacial score (nSPS) is 26.9. The standard InChI is InChI=1S/C14H22N2/c1-11-4-6-14(7-5-11)10-16-9-12(2)15-8-13(16)3/h4-7,12-13,15H,8-10H2,1-3H3/t12-,13+/m1/s1. The summed E-state index contributed by atoms with van der Waals surface area (Å²) in [4.78, 5) is 2.56. The Morgan fingerprint density at radius 2 is 1.94 bits per heavy atom. The Labute approximate surface area is 98.7 Å². The molecule has 1 fully saturated rings. The maximum atomic E-state index is 3.51. The third-order valence-corrected chi connectivity index (χ3v) is 3.40. The molecule has 2 heteroatoms. The van der Waals surface area contributed by atoms with Crippen molar-refractivity contribution in [3.05, 3.63) is 35.4 Å². The first-order chi connectivity index (χ1) is 7.65. The van der Waals surface area contributed by atoms with E-state index in [0.29, 0.717) is 12.1 Å². The van der Waals surface area contributed by atoms with Crippen molar-refractivity contribution in [2.45, 2.75) is 39.4 Å². The van der Waals surface area contributed by atoms with Gasteiger partial charge in [0.05, 0.1) is 0 Å². The van der Waals surface area contributed by atoms with Crippen LogP contribution in [0.15, 0.2) is 24.3 Å². The van der Waals surface area contributed by atoms with Crippen molar-refractivity contribution in [1.82, 2.24) is 10.2 Å². The summed E-state index contributed by atoms with van der Waals surface area (Å²) >= 11 is 0. The molecule has 2 nitrogen and oxygen atoms in total. The van der Waals surface area contributed by atoms with Gasteiger partial charge in [0.15, 0.2) is 0 Å². The molecule has 16 heavy (non-hydrogen) atoms. The van der Waals surface area contributed by atoms with Crippen LogP contribution < -0.4 is 5.32 Å². The summed E-state index contributed by atoms with van der Waals surface area (Å²) in [7, 11) is 0. The number of benzene rings is 1. The summed E-state index contributed by atoms with van der Waals surface area (Å²) in [5, 5.41) is 3.51. The van der Waals surface area contributed by atoms with E-state index in [1.165, 1.54) is 11.1 Å². The molecule has 2 atom stereocenters. The molecule has 88 valence electrons. The van der Waals surface area contributed by atoms with Gasteiger partial charge >= 0.3 is 0 Å². The quantitative estimate of drug-likeness (QED) is 0.818. The molecule has 0 bridgehead atoms. The molecule has 0 saturated carbocycles. The lowest BCUT2D eigenvalue weighted by atomic mass is 10.1. The Hall–Kier alpha value is -0.860. The van der Waals surface area contributed by atoms with Crippen LogP contribution in [-0.4, -0.2) is 30.1 Å². The summed E-state index contributed by atoms with van der Waals surface area (Å²) in [5.41, 5.74) is 2.76. The lowest BCUT2D eigenvalue weighted by Crippen LogP contribution is -2.53. The molecular weight excluding hydrogens is 196 g/mol. The van der Waals surface area contributed by atoms with Gasteiger partial charge in [-0.05, 0) is 26.3 Å². The second kappa shape index (κ2) is 4.98. The second-order valence-corrected chi connectivity index (χ2v) is 5.07. The predicted octanol–water partition coefficient (Wildman–Crippen LogP) is 2.18. The maximum Gasteiger partial charge on any atom is 0.0237 e. The summed E-state index contributed by atoms with van der Waals surface area (Å²) in [6, 6.07) is 10.1. The number of hydrogen-bond donors (Lipinski definition) is 1. The van der Waals surface area contributed by atoms with Crippen molar-refractivity contribution in [1.29, 1.82) is 0 Å². The Bertz CT molecular complexity index is 331. The topological polar surface area (TPSA) is 15.3 Å². The first kappa shape index (κ1) is 11.6. The van der Waals surface area contributed by atoms with Crippen LogP contribution in [0.4, 0.5) is 0 Å². The van der Waals surface area contributed by atoms with Gasteiger partial charge in [-0.25, -0.2) is 0 Å². The number of piperazine rings is 1. The summed E-state index contributed by atoms with van der Waals surface area (Å²) in [5.74, 6) is 0. The first-order valence-corrected chi connectivity index (χ1v) is 6.18. The molecular formula is C14H22N2. The van der Waals surface area contributed by atoms with Crippen LogP contribution >= 0.6 is 0 Å². The van der Waals surface area contributed by atoms with Crippen LogP contribution in [-0.2, 0) is 6.54 Å². The molecule has 0 amide bonds. The number of nitrogens with one attached hydrogen (secondary N) is 1. The molecule has 1 N–H and O–H groups in total. The van der Waals surface area contributed by atoms with E-state index in [4.69, 9.17) is 0 Å². The Kier molecular flexibility index (Phi) is 3.62. The van der Waals surface area contributed by atoms with Gasteiger partial charge in [-0.1, -0.05) is 29.8 Å². The first-order valence-electron chi connectivity index (χ1n) is 6.18. The van der Waals surface area contributed by atoms with Crippen LogP contribution in [0.1, 0.15) is 25.0 Å². The molecule has 0 unspecified atom stereocenters. The van der Waals surface area contributed by atoms with Crippen LogP contribution in [0.25, 0.3) is 0 Å². The zero-order chi connectivity index (χ0) is 11.5. The summed E-state index contributed by atoms with van der Waals surface area (Å²) < 4.78 is 0. The van der Waals surface area contributed by atoms with Gasteiger partial charge in [0.1, 0.15) is 0 Å². The molecule has 1 aromatic rings. The molecule has 0 radical (unpaired) electrons. The van der Waals surface area contributed by atoms with Gasteiger partial charge in [-0.3, -0.25) is 4.90 Å². The van der Waals surface area contributed by atoms with Crippen molar-refractivity contribution in [3.8, 4) is 0 Å². The van der Waals surface area contributed by atoms with E-state index in [-0.39, 0.29) is 0 Å². The van der Waals surface area contributed by atoms with Gasteiger partial charge < -0.3 is 5.32 Å². The molecule has 1 saturated heterocycles. The van der Waals surface area contributed by atoms with Gasteiger partial charge in [-0.2, -0.15) is 0 Å². The van der Waals surface area contributed by atoms with E-state index in [1.807, 2.05) is 0 Å². The predicted molar refractivity (Wildman–Crippen MR) is 68.5 cm³/mol. The minimum atomic E-state index is 0.613. The van der Waals surface area contributed by atoms with Crippen molar-refractivity contribution in [2.24, 2.45) is 0 Å². The highest BCUT2D eigenvalue weighted by Crippen LogP contribution is 2.12. The van der Waals surface area contributed by atoms with E-state index >= 15 is 0 Å². The Morgan fingerprint density at radius 3 is 2.62 bits per heavy atom. The summed E-state index contributed by atoms with van der Waals surface area (Å²) in [6.45, 7) is 10.0. The van der Waals surface area contributed by atoms with E-state index in [0.717, 1.165) is 19.6 Å². The van der Waals surface area contributed by atoms with Crippen molar-refractivity contribution in [2.75, 3.05) is 13.1 Å². The van der Waals surface area contributed by atoms with Crippen LogP contribution in [0.3, 0.4) is 0 Å². The molecule has 1 aliphatic rings. The van der Waals surface area contributed by atoms with Gasteiger partial charge in [0.2, 0.25) is 0 Å². The van der Waals surface area contributed by atoms with Gasteiger partial charge in [-0.15, -0.1) is 0 Å². The highest BCUT2D eigenvalue weighted by Gasteiger charge is 2.21. The Balaban J connectivity index is 2.00. The monoisotopic (exact) mass is 218 g/mol. The minimum Gasteiger partial charge on any atom is -0.311 e. The third-order valence-electron chi connectivity index (χ3n) is 3.40. The minimum absolute atomic E-state index is 0.613. The van der Waals surface area contributed by atoms with Crippen LogP contribution in [0, 0.1) is 6.92 Å². The lowest BCUT2D eigenvalue weighted by Gasteiger charge is -2.37. The van der Waals surface area contributed by atoms with Crippen molar-refractivity contribution in [3.63, 3.8) is 0 Å². The van der Waals surface area contributed by atoms with E-state index in [9.17, 15) is 0 Å². The third kappa shape index (κ3) is 2.83. The molecule has 0 aromatic heterocycles. The number of nitrogens with zero attached hydrogens (tertiary/aromatic N) is 1. The van der Waals surface area contributed by atoms with Crippen molar-refractivity contribution < 1.29 is 0 Å². The largest absolute Gasteiger partial charge is 0.311 e. The second-order valence-electron chi connectivity index (χ2n) is 5.07.